The van der Waals surface area contributed by atoms with E-state index >= 15 is 0 Å². The van der Waals surface area contributed by atoms with Gasteiger partial charge in [-0.15, -0.1) is 0 Å². The monoisotopic (exact) mass is 194 g/mol. The Bertz CT molecular complexity index is 322. The average Bonchev–Trinajstić information content (AvgIpc) is 2.75. The van der Waals surface area contributed by atoms with Crippen LogP contribution in [0.1, 0.15) is 25.1 Å². The molecule has 1 saturated carbocycles. The molecule has 0 radical (unpaired) electrons. The molecule has 5 heteroatoms. The van der Waals surface area contributed by atoms with Crippen molar-refractivity contribution in [1.82, 2.24) is 20.5 Å². The molecule has 0 aliphatic heterocycles. The zero-order valence-electron chi connectivity index (χ0n) is 8.32. The number of nitrogens with one attached hydrogen (secondary N) is 2. The van der Waals surface area contributed by atoms with E-state index in [9.17, 15) is 4.79 Å². The van der Waals surface area contributed by atoms with Crippen molar-refractivity contribution in [3.8, 4) is 0 Å². The highest BCUT2D eigenvalue weighted by atomic mass is 16.1. The second-order valence-corrected chi connectivity index (χ2v) is 3.75. The summed E-state index contributed by atoms with van der Waals surface area (Å²) >= 11 is 0. The summed E-state index contributed by atoms with van der Waals surface area (Å²) < 4.78 is 0. The molecule has 1 aromatic heterocycles. The number of Topliss-reactive ketones (excluding diaryl/α,β-unsaturated/α-hetero) is 1. The van der Waals surface area contributed by atoms with Gasteiger partial charge in [-0.25, -0.2) is 4.98 Å². The van der Waals surface area contributed by atoms with Gasteiger partial charge in [-0.3, -0.25) is 9.89 Å². The third-order valence-electron chi connectivity index (χ3n) is 2.80. The molecule has 1 fully saturated rings. The van der Waals surface area contributed by atoms with E-state index in [4.69, 9.17) is 0 Å². The highest BCUT2D eigenvalue weighted by Crippen LogP contribution is 2.48. The van der Waals surface area contributed by atoms with E-state index in [0.29, 0.717) is 11.8 Å². The second kappa shape index (κ2) is 3.49. The van der Waals surface area contributed by atoms with Crippen LogP contribution in [0.3, 0.4) is 0 Å². The van der Waals surface area contributed by atoms with Crippen molar-refractivity contribution in [2.45, 2.75) is 25.3 Å². The van der Waals surface area contributed by atoms with Crippen LogP contribution in [0.2, 0.25) is 0 Å². The van der Waals surface area contributed by atoms with E-state index in [0.717, 1.165) is 12.2 Å². The van der Waals surface area contributed by atoms with Crippen molar-refractivity contribution in [3.63, 3.8) is 0 Å². The van der Waals surface area contributed by atoms with Crippen molar-refractivity contribution in [1.29, 1.82) is 0 Å². The van der Waals surface area contributed by atoms with Gasteiger partial charge < -0.3 is 5.32 Å². The molecule has 14 heavy (non-hydrogen) atoms. The van der Waals surface area contributed by atoms with E-state index in [1.165, 1.54) is 6.33 Å². The molecule has 3 unspecified atom stereocenters. The summed E-state index contributed by atoms with van der Waals surface area (Å²) in [5, 5.41) is 9.70. The van der Waals surface area contributed by atoms with Crippen molar-refractivity contribution >= 4 is 5.78 Å². The first-order valence-corrected chi connectivity index (χ1v) is 4.77. The van der Waals surface area contributed by atoms with Gasteiger partial charge in [0, 0.05) is 5.92 Å². The van der Waals surface area contributed by atoms with Gasteiger partial charge in [0.25, 0.3) is 0 Å². The third kappa shape index (κ3) is 1.55. The summed E-state index contributed by atoms with van der Waals surface area (Å²) in [4.78, 5) is 15.4. The summed E-state index contributed by atoms with van der Waals surface area (Å²) in [6, 6.07) is -0.0369. The Balaban J connectivity index is 2.01. The van der Waals surface area contributed by atoms with E-state index < -0.39 is 0 Å². The van der Waals surface area contributed by atoms with Crippen LogP contribution in [0, 0.1) is 5.92 Å². The molecule has 1 aliphatic carbocycles. The minimum absolute atomic E-state index is 0.0369. The Kier molecular flexibility index (Phi) is 2.33. The Hall–Kier alpha value is -1.23. The zero-order valence-corrected chi connectivity index (χ0v) is 8.32. The Labute approximate surface area is 82.3 Å². The van der Waals surface area contributed by atoms with Gasteiger partial charge >= 0.3 is 0 Å². The smallest absolute Gasteiger partial charge is 0.146 e. The molecular formula is C9H14N4O. The Morgan fingerprint density at radius 2 is 2.57 bits per heavy atom. The number of carbonyl (C=O) groups excluding carboxylic acids is 1. The van der Waals surface area contributed by atoms with E-state index in [-0.39, 0.29) is 11.8 Å². The third-order valence-corrected chi connectivity index (χ3v) is 2.80. The van der Waals surface area contributed by atoms with E-state index in [1.807, 2.05) is 7.05 Å². The van der Waals surface area contributed by atoms with Gasteiger partial charge in [-0.05, 0) is 26.3 Å². The number of carbonyl (C=O) groups is 1. The topological polar surface area (TPSA) is 70.7 Å². The van der Waals surface area contributed by atoms with E-state index in [2.05, 4.69) is 20.5 Å². The molecule has 1 heterocycles. The van der Waals surface area contributed by atoms with Gasteiger partial charge in [0.15, 0.2) is 0 Å². The average molecular weight is 194 g/mol. The lowest BCUT2D eigenvalue weighted by atomic mass is 10.1. The predicted octanol–water partition coefficient (Wildman–Crippen LogP) is 0.0852. The molecule has 0 saturated heterocycles. The Morgan fingerprint density at radius 1 is 1.79 bits per heavy atom. The van der Waals surface area contributed by atoms with Crippen LogP contribution in [0.15, 0.2) is 6.33 Å². The maximum atomic E-state index is 11.3. The quantitative estimate of drug-likeness (QED) is 0.712. The largest absolute Gasteiger partial charge is 0.310 e. The standard InChI is InChI=1S/C9H14N4O/c1-5(14)8(10-2)6-3-7(6)9-11-4-12-13-9/h4,6-8,10H,3H2,1-2H3,(H,11,12,13). The highest BCUT2D eigenvalue weighted by molar-refractivity contribution is 5.82. The van der Waals surface area contributed by atoms with Crippen LogP contribution >= 0.6 is 0 Å². The number of aromatic nitrogens is 3. The number of aromatic amines is 1. The number of hydrogen-bond acceptors (Lipinski definition) is 4. The fourth-order valence-corrected chi connectivity index (χ4v) is 2.01. The van der Waals surface area contributed by atoms with Gasteiger partial charge in [0.1, 0.15) is 17.9 Å². The maximum Gasteiger partial charge on any atom is 0.146 e. The molecule has 0 spiro atoms. The minimum Gasteiger partial charge on any atom is -0.310 e. The zero-order chi connectivity index (χ0) is 10.1. The molecule has 1 aliphatic rings. The number of H-pyrrole nitrogens is 1. The molecule has 5 nitrogen and oxygen atoms in total. The molecular weight excluding hydrogens is 180 g/mol. The maximum absolute atomic E-state index is 11.3. The van der Waals surface area contributed by atoms with Crippen LogP contribution in [0.5, 0.6) is 0 Å². The molecule has 2 rings (SSSR count). The number of likely N-dealkylation sites (N-methyl/N-ethyl adjacent to an activating group) is 1. The highest BCUT2D eigenvalue weighted by Gasteiger charge is 2.46. The first-order chi connectivity index (χ1) is 6.74. The fraction of sp³-hybridized carbons (Fsp3) is 0.667. The summed E-state index contributed by atoms with van der Waals surface area (Å²) in [5.74, 6) is 1.85. The van der Waals surface area contributed by atoms with Gasteiger partial charge in [0.05, 0.1) is 6.04 Å². The molecule has 2 N–H and O–H groups in total. The first-order valence-electron chi connectivity index (χ1n) is 4.77. The molecule has 0 bridgehead atoms. The number of rotatable bonds is 4. The normalized spacial score (nSPS) is 27.3. The lowest BCUT2D eigenvalue weighted by Gasteiger charge is -2.11. The molecule has 76 valence electrons. The molecule has 1 aromatic rings. The van der Waals surface area contributed by atoms with Crippen molar-refractivity contribution < 1.29 is 4.79 Å². The SMILES string of the molecule is CNC(C(C)=O)C1CC1c1ncn[nH]1. The van der Waals surface area contributed by atoms with Crippen molar-refractivity contribution in [2.24, 2.45) is 5.92 Å². The van der Waals surface area contributed by atoms with Crippen LogP contribution in [0.25, 0.3) is 0 Å². The first kappa shape index (κ1) is 9.33. The number of nitrogens with zero attached hydrogens (tertiary/aromatic N) is 2. The number of ketones is 1. The van der Waals surface area contributed by atoms with Crippen LogP contribution in [-0.2, 0) is 4.79 Å². The summed E-state index contributed by atoms with van der Waals surface area (Å²) in [5.41, 5.74) is 0. The lowest BCUT2D eigenvalue weighted by molar-refractivity contribution is -0.119. The summed E-state index contributed by atoms with van der Waals surface area (Å²) in [6.07, 6.45) is 2.52. The van der Waals surface area contributed by atoms with Gasteiger partial charge in [0.2, 0.25) is 0 Å². The molecule has 0 amide bonds. The minimum atomic E-state index is -0.0369. The van der Waals surface area contributed by atoms with Crippen molar-refractivity contribution in [3.05, 3.63) is 12.2 Å². The Morgan fingerprint density at radius 3 is 3.07 bits per heavy atom. The van der Waals surface area contributed by atoms with Crippen molar-refractivity contribution in [2.75, 3.05) is 7.05 Å². The molecule has 3 atom stereocenters. The summed E-state index contributed by atoms with van der Waals surface area (Å²) in [6.45, 7) is 1.62. The molecule has 0 aromatic carbocycles. The fourth-order valence-electron chi connectivity index (χ4n) is 2.01. The van der Waals surface area contributed by atoms with Gasteiger partial charge in [-0.1, -0.05) is 0 Å². The van der Waals surface area contributed by atoms with Crippen LogP contribution in [0.4, 0.5) is 0 Å². The van der Waals surface area contributed by atoms with E-state index in [1.54, 1.807) is 6.92 Å². The predicted molar refractivity (Wildman–Crippen MR) is 50.8 cm³/mol. The summed E-state index contributed by atoms with van der Waals surface area (Å²) in [7, 11) is 1.82. The lowest BCUT2D eigenvalue weighted by Crippen LogP contribution is -2.34. The number of hydrogen-bond donors (Lipinski definition) is 2. The second-order valence-electron chi connectivity index (χ2n) is 3.75. The van der Waals surface area contributed by atoms with Gasteiger partial charge in [-0.2, -0.15) is 5.10 Å². The van der Waals surface area contributed by atoms with Crippen LogP contribution in [-0.4, -0.2) is 34.1 Å². The van der Waals surface area contributed by atoms with Crippen LogP contribution < -0.4 is 5.32 Å².